The van der Waals surface area contributed by atoms with Crippen LogP contribution in [0.15, 0.2) is 18.5 Å². The molecule has 1 unspecified atom stereocenters. The number of ether oxygens (including phenoxy) is 2. The van der Waals surface area contributed by atoms with Gasteiger partial charge in [0.25, 0.3) is 0 Å². The summed E-state index contributed by atoms with van der Waals surface area (Å²) in [5, 5.41) is 7.26. The molecule has 0 spiro atoms. The standard InChI is InChI=1S/C27H38N4O5/c1-27(2,3)36-26(34)31-16-20(25(33)35-4)21-18(13-14-28-23(21)31)15-29-22(17-9-5-6-10-17)24(32)30-19-11-7-8-12-19/h13-14,16-17,19,22,29H,5-12,15H2,1-4H3,(H,30,32). The SMILES string of the molecule is COC(=O)c1cn(C(=O)OC(C)(C)C)c2nccc(CNC(C(=O)NC3CCCC3)C3CCCC3)c12. The van der Waals surface area contributed by atoms with Gasteiger partial charge in [0.15, 0.2) is 5.65 Å². The molecule has 2 aliphatic rings. The minimum atomic E-state index is -0.709. The van der Waals surface area contributed by atoms with Gasteiger partial charge in [-0.3, -0.25) is 4.79 Å². The number of methoxy groups -OCH3 is 1. The zero-order chi connectivity index (χ0) is 25.9. The van der Waals surface area contributed by atoms with Crippen LogP contribution in [0.1, 0.15) is 88.1 Å². The average Bonchev–Trinajstić information content (AvgIpc) is 3.59. The van der Waals surface area contributed by atoms with Crippen LogP contribution >= 0.6 is 0 Å². The monoisotopic (exact) mass is 498 g/mol. The van der Waals surface area contributed by atoms with Gasteiger partial charge in [0, 0.05) is 30.4 Å². The van der Waals surface area contributed by atoms with E-state index >= 15 is 0 Å². The number of esters is 1. The van der Waals surface area contributed by atoms with E-state index in [1.165, 1.54) is 17.9 Å². The second kappa shape index (κ2) is 11.0. The lowest BCUT2D eigenvalue weighted by atomic mass is 9.96. The molecule has 1 amide bonds. The van der Waals surface area contributed by atoms with Gasteiger partial charge in [-0.05, 0) is 64.0 Å². The fourth-order valence-corrected chi connectivity index (χ4v) is 5.43. The van der Waals surface area contributed by atoms with Gasteiger partial charge in [-0.1, -0.05) is 25.7 Å². The molecule has 0 bridgehead atoms. The molecule has 2 aliphatic carbocycles. The van der Waals surface area contributed by atoms with Crippen LogP contribution in [0.5, 0.6) is 0 Å². The Morgan fingerprint density at radius 2 is 1.78 bits per heavy atom. The largest absolute Gasteiger partial charge is 0.465 e. The van der Waals surface area contributed by atoms with Crippen molar-refractivity contribution in [1.29, 1.82) is 0 Å². The summed E-state index contributed by atoms with van der Waals surface area (Å²) in [5.74, 6) is -0.239. The van der Waals surface area contributed by atoms with Gasteiger partial charge in [0.2, 0.25) is 5.91 Å². The molecule has 4 rings (SSSR count). The van der Waals surface area contributed by atoms with Crippen LogP contribution < -0.4 is 10.6 Å². The summed E-state index contributed by atoms with van der Waals surface area (Å²) in [5.41, 5.74) is 0.603. The van der Waals surface area contributed by atoms with E-state index in [0.29, 0.717) is 17.6 Å². The first-order chi connectivity index (χ1) is 17.2. The third-order valence-electron chi connectivity index (χ3n) is 7.14. The Morgan fingerprint density at radius 1 is 1.11 bits per heavy atom. The lowest BCUT2D eigenvalue weighted by molar-refractivity contribution is -0.125. The Bertz CT molecular complexity index is 1110. The topological polar surface area (TPSA) is 112 Å². The van der Waals surface area contributed by atoms with E-state index in [4.69, 9.17) is 9.47 Å². The molecule has 2 aromatic rings. The van der Waals surface area contributed by atoms with Crippen molar-refractivity contribution in [3.8, 4) is 0 Å². The summed E-state index contributed by atoms with van der Waals surface area (Å²) in [4.78, 5) is 43.2. The zero-order valence-electron chi connectivity index (χ0n) is 21.8. The molecule has 2 aromatic heterocycles. The van der Waals surface area contributed by atoms with Gasteiger partial charge in [-0.15, -0.1) is 0 Å². The first-order valence-electron chi connectivity index (χ1n) is 13.0. The first-order valence-corrected chi connectivity index (χ1v) is 13.0. The third kappa shape index (κ3) is 5.88. The predicted molar refractivity (Wildman–Crippen MR) is 136 cm³/mol. The van der Waals surface area contributed by atoms with Crippen LogP contribution in [-0.4, -0.2) is 52.3 Å². The molecular formula is C27H38N4O5. The highest BCUT2D eigenvalue weighted by Gasteiger charge is 2.32. The first kappa shape index (κ1) is 26.1. The number of amides is 1. The number of carbonyl (C=O) groups is 3. The van der Waals surface area contributed by atoms with Crippen LogP contribution in [0.3, 0.4) is 0 Å². The van der Waals surface area contributed by atoms with Crippen molar-refractivity contribution in [1.82, 2.24) is 20.2 Å². The van der Waals surface area contributed by atoms with Crippen molar-refractivity contribution < 1.29 is 23.9 Å². The fraction of sp³-hybridized carbons (Fsp3) is 0.630. The number of pyridine rings is 1. The van der Waals surface area contributed by atoms with Gasteiger partial charge in [-0.25, -0.2) is 19.1 Å². The average molecular weight is 499 g/mol. The number of fused-ring (bicyclic) bond motifs is 1. The molecule has 9 heteroatoms. The van der Waals surface area contributed by atoms with E-state index in [1.807, 2.05) is 6.07 Å². The number of carbonyl (C=O) groups excluding carboxylic acids is 3. The van der Waals surface area contributed by atoms with E-state index < -0.39 is 17.7 Å². The maximum absolute atomic E-state index is 13.3. The lowest BCUT2D eigenvalue weighted by Crippen LogP contribution is -2.50. The number of rotatable bonds is 7. The summed E-state index contributed by atoms with van der Waals surface area (Å²) in [6, 6.07) is 1.75. The summed E-state index contributed by atoms with van der Waals surface area (Å²) in [7, 11) is 1.30. The fourth-order valence-electron chi connectivity index (χ4n) is 5.43. The third-order valence-corrected chi connectivity index (χ3v) is 7.14. The van der Waals surface area contributed by atoms with Gasteiger partial charge >= 0.3 is 12.1 Å². The Labute approximate surface area is 212 Å². The summed E-state index contributed by atoms with van der Waals surface area (Å²) < 4.78 is 11.8. The van der Waals surface area contributed by atoms with Crippen LogP contribution in [-0.2, 0) is 20.8 Å². The quantitative estimate of drug-likeness (QED) is 0.547. The van der Waals surface area contributed by atoms with Gasteiger partial charge < -0.3 is 20.1 Å². The zero-order valence-corrected chi connectivity index (χ0v) is 21.8. The summed E-state index contributed by atoms with van der Waals surface area (Å²) in [6.07, 6.45) is 11.1. The highest BCUT2D eigenvalue weighted by atomic mass is 16.6. The number of aromatic nitrogens is 2. The maximum Gasteiger partial charge on any atom is 0.420 e. The van der Waals surface area contributed by atoms with E-state index in [0.717, 1.165) is 56.9 Å². The molecule has 0 aliphatic heterocycles. The molecular weight excluding hydrogens is 460 g/mol. The van der Waals surface area contributed by atoms with Crippen molar-refractivity contribution >= 4 is 29.0 Å². The summed E-state index contributed by atoms with van der Waals surface area (Å²) in [6.45, 7) is 5.68. The summed E-state index contributed by atoms with van der Waals surface area (Å²) >= 11 is 0. The molecule has 2 N–H and O–H groups in total. The Balaban J connectivity index is 1.63. The smallest absolute Gasteiger partial charge is 0.420 e. The lowest BCUT2D eigenvalue weighted by Gasteiger charge is -2.26. The van der Waals surface area contributed by atoms with Crippen LogP contribution in [0, 0.1) is 5.92 Å². The van der Waals surface area contributed by atoms with Crippen LogP contribution in [0.2, 0.25) is 0 Å². The molecule has 9 nitrogen and oxygen atoms in total. The second-order valence-electron chi connectivity index (χ2n) is 10.9. The molecule has 36 heavy (non-hydrogen) atoms. The normalized spacial score (nSPS) is 17.9. The number of nitrogens with zero attached hydrogens (tertiary/aromatic N) is 2. The van der Waals surface area contributed by atoms with Crippen molar-refractivity contribution in [2.45, 2.75) is 96.4 Å². The van der Waals surface area contributed by atoms with E-state index in [-0.39, 0.29) is 29.5 Å². The van der Waals surface area contributed by atoms with Gasteiger partial charge in [0.1, 0.15) is 5.60 Å². The molecule has 196 valence electrons. The predicted octanol–water partition coefficient (Wildman–Crippen LogP) is 4.31. The Morgan fingerprint density at radius 3 is 2.42 bits per heavy atom. The Kier molecular flexibility index (Phi) is 7.97. The van der Waals surface area contributed by atoms with Crippen LogP contribution in [0.25, 0.3) is 11.0 Å². The van der Waals surface area contributed by atoms with Gasteiger partial charge in [0.05, 0.1) is 18.7 Å². The van der Waals surface area contributed by atoms with Crippen LogP contribution in [0.4, 0.5) is 4.79 Å². The molecule has 0 aromatic carbocycles. The number of hydrogen-bond acceptors (Lipinski definition) is 7. The minimum Gasteiger partial charge on any atom is -0.465 e. The molecule has 1 atom stereocenters. The second-order valence-corrected chi connectivity index (χ2v) is 10.9. The van der Waals surface area contributed by atoms with Gasteiger partial charge in [-0.2, -0.15) is 0 Å². The van der Waals surface area contributed by atoms with Crippen molar-refractivity contribution in [3.05, 3.63) is 29.6 Å². The Hall–Kier alpha value is -2.94. The van der Waals surface area contributed by atoms with E-state index in [2.05, 4.69) is 15.6 Å². The number of hydrogen-bond donors (Lipinski definition) is 2. The molecule has 0 saturated heterocycles. The highest BCUT2D eigenvalue weighted by molar-refractivity contribution is 6.06. The van der Waals surface area contributed by atoms with E-state index in [9.17, 15) is 14.4 Å². The number of nitrogens with one attached hydrogen (secondary N) is 2. The maximum atomic E-state index is 13.3. The highest BCUT2D eigenvalue weighted by Crippen LogP contribution is 2.30. The van der Waals surface area contributed by atoms with Crippen molar-refractivity contribution in [2.75, 3.05) is 7.11 Å². The molecule has 0 radical (unpaired) electrons. The van der Waals surface area contributed by atoms with E-state index in [1.54, 1.807) is 27.0 Å². The molecule has 2 fully saturated rings. The molecule has 2 heterocycles. The van der Waals surface area contributed by atoms with Crippen molar-refractivity contribution in [3.63, 3.8) is 0 Å². The minimum absolute atomic E-state index is 0.0543. The van der Waals surface area contributed by atoms with Crippen molar-refractivity contribution in [2.24, 2.45) is 5.92 Å². The molecule has 2 saturated carbocycles.